The van der Waals surface area contributed by atoms with Crippen molar-refractivity contribution < 1.29 is 4.79 Å². The predicted molar refractivity (Wildman–Crippen MR) is 91.3 cm³/mol. The van der Waals surface area contributed by atoms with E-state index in [1.54, 1.807) is 0 Å². The summed E-state index contributed by atoms with van der Waals surface area (Å²) in [5, 5.41) is 0. The number of hydrogen-bond acceptors (Lipinski definition) is 3. The van der Waals surface area contributed by atoms with Gasteiger partial charge in [-0.15, -0.1) is 0 Å². The van der Waals surface area contributed by atoms with E-state index in [-0.39, 0.29) is 11.3 Å². The van der Waals surface area contributed by atoms with Crippen LogP contribution >= 0.6 is 0 Å². The molecule has 0 fully saturated rings. The highest BCUT2D eigenvalue weighted by molar-refractivity contribution is 5.78. The maximum Gasteiger partial charge on any atom is 0.236 e. The molecule has 0 aliphatic carbocycles. The zero-order valence-electron chi connectivity index (χ0n) is 15.0. The van der Waals surface area contributed by atoms with Gasteiger partial charge < -0.3 is 10.6 Å². The Hall–Kier alpha value is -0.610. The third kappa shape index (κ3) is 9.10. The average Bonchev–Trinajstić information content (AvgIpc) is 2.46. The number of amides is 1. The molecule has 0 atom stereocenters. The van der Waals surface area contributed by atoms with Crippen LogP contribution in [0.5, 0.6) is 0 Å². The number of nitrogens with two attached hydrogens (primary N) is 1. The molecule has 0 aliphatic heterocycles. The third-order valence-electron chi connectivity index (χ3n) is 3.93. The number of nitrogens with zero attached hydrogens (tertiary/aromatic N) is 2. The Morgan fingerprint density at radius 3 is 1.95 bits per heavy atom. The van der Waals surface area contributed by atoms with Gasteiger partial charge in [-0.1, -0.05) is 47.5 Å². The van der Waals surface area contributed by atoms with Crippen molar-refractivity contribution in [3.8, 4) is 0 Å². The van der Waals surface area contributed by atoms with Crippen LogP contribution in [0.1, 0.15) is 60.3 Å². The highest BCUT2D eigenvalue weighted by Crippen LogP contribution is 2.15. The van der Waals surface area contributed by atoms with Crippen LogP contribution in [0.2, 0.25) is 0 Å². The van der Waals surface area contributed by atoms with Crippen LogP contribution in [0.15, 0.2) is 0 Å². The molecule has 0 radical (unpaired) electrons. The van der Waals surface area contributed by atoms with Crippen molar-refractivity contribution in [3.63, 3.8) is 0 Å². The summed E-state index contributed by atoms with van der Waals surface area (Å²) < 4.78 is 0. The lowest BCUT2D eigenvalue weighted by atomic mass is 9.93. The zero-order valence-corrected chi connectivity index (χ0v) is 15.0. The van der Waals surface area contributed by atoms with E-state index in [1.807, 2.05) is 4.90 Å². The van der Waals surface area contributed by atoms with Crippen molar-refractivity contribution >= 4 is 5.91 Å². The summed E-state index contributed by atoms with van der Waals surface area (Å²) in [6.45, 7) is 15.5. The monoisotopic (exact) mass is 299 g/mol. The molecule has 0 saturated heterocycles. The Morgan fingerprint density at radius 2 is 1.57 bits per heavy atom. The third-order valence-corrected chi connectivity index (χ3v) is 3.93. The number of hydrogen-bond donors (Lipinski definition) is 1. The summed E-state index contributed by atoms with van der Waals surface area (Å²) in [5.74, 6) is 0.270. The Labute approximate surface area is 132 Å². The first kappa shape index (κ1) is 20.4. The first-order chi connectivity index (χ1) is 9.90. The molecule has 2 N–H and O–H groups in total. The summed E-state index contributed by atoms with van der Waals surface area (Å²) in [4.78, 5) is 16.8. The summed E-state index contributed by atoms with van der Waals surface area (Å²) in [7, 11) is 0. The van der Waals surface area contributed by atoms with Gasteiger partial charge in [0.25, 0.3) is 0 Å². The lowest BCUT2D eigenvalue weighted by Gasteiger charge is -2.32. The Kier molecular flexibility index (Phi) is 10.7. The lowest BCUT2D eigenvalue weighted by molar-refractivity contribution is -0.132. The molecule has 0 heterocycles. The van der Waals surface area contributed by atoms with Gasteiger partial charge in [-0.2, -0.15) is 0 Å². The minimum absolute atomic E-state index is 0.0634. The molecule has 0 spiro atoms. The Balaban J connectivity index is 4.53. The molecule has 4 nitrogen and oxygen atoms in total. The van der Waals surface area contributed by atoms with Crippen molar-refractivity contribution in [1.29, 1.82) is 0 Å². The van der Waals surface area contributed by atoms with E-state index in [0.29, 0.717) is 13.1 Å². The second-order valence-corrected chi connectivity index (χ2v) is 6.76. The number of rotatable bonds is 12. The van der Waals surface area contributed by atoms with Gasteiger partial charge in [0.05, 0.1) is 6.54 Å². The van der Waals surface area contributed by atoms with Gasteiger partial charge in [-0.3, -0.25) is 9.69 Å². The number of carbonyl (C=O) groups excluding carboxylic acids is 1. The molecule has 1 amide bonds. The topological polar surface area (TPSA) is 49.6 Å². The van der Waals surface area contributed by atoms with Gasteiger partial charge in [0, 0.05) is 19.6 Å². The maximum absolute atomic E-state index is 12.6. The molecule has 0 unspecified atom stereocenters. The van der Waals surface area contributed by atoms with Gasteiger partial charge >= 0.3 is 0 Å². The van der Waals surface area contributed by atoms with Crippen molar-refractivity contribution in [1.82, 2.24) is 9.80 Å². The molecule has 126 valence electrons. The van der Waals surface area contributed by atoms with E-state index in [1.165, 1.54) is 0 Å². The summed E-state index contributed by atoms with van der Waals surface area (Å²) >= 11 is 0. The first-order valence-electron chi connectivity index (χ1n) is 8.60. The fraction of sp³-hybridized carbons (Fsp3) is 0.941. The van der Waals surface area contributed by atoms with Crippen molar-refractivity contribution in [2.75, 3.05) is 39.3 Å². The molecule has 0 aromatic carbocycles. The van der Waals surface area contributed by atoms with Gasteiger partial charge in [0.2, 0.25) is 5.91 Å². The standard InChI is InChI=1S/C17H37N3O/c1-6-9-11-20(12-10-7-2)16(21)13-19(8-3)15-17(4,5)14-18/h6-15,18H2,1-5H3. The van der Waals surface area contributed by atoms with Gasteiger partial charge in [0.1, 0.15) is 0 Å². The summed E-state index contributed by atoms with van der Waals surface area (Å²) in [5.41, 5.74) is 5.87. The molecule has 0 rings (SSSR count). The van der Waals surface area contributed by atoms with Crippen molar-refractivity contribution in [2.24, 2.45) is 11.1 Å². The summed E-state index contributed by atoms with van der Waals surface area (Å²) in [6, 6.07) is 0. The Morgan fingerprint density at radius 1 is 1.05 bits per heavy atom. The van der Waals surface area contributed by atoms with E-state index in [2.05, 4.69) is 39.5 Å². The smallest absolute Gasteiger partial charge is 0.236 e. The highest BCUT2D eigenvalue weighted by atomic mass is 16.2. The average molecular weight is 300 g/mol. The zero-order chi connectivity index (χ0) is 16.3. The molecular weight excluding hydrogens is 262 g/mol. The highest BCUT2D eigenvalue weighted by Gasteiger charge is 2.22. The lowest BCUT2D eigenvalue weighted by Crippen LogP contribution is -2.45. The Bertz CT molecular complexity index is 271. The second kappa shape index (κ2) is 11.0. The normalized spacial score (nSPS) is 12.0. The largest absolute Gasteiger partial charge is 0.342 e. The van der Waals surface area contributed by atoms with Crippen LogP contribution in [0.4, 0.5) is 0 Å². The molecule has 0 aromatic rings. The van der Waals surface area contributed by atoms with Crippen LogP contribution in [0.3, 0.4) is 0 Å². The predicted octanol–water partition coefficient (Wildman–Crippen LogP) is 2.72. The van der Waals surface area contributed by atoms with E-state index < -0.39 is 0 Å². The molecule has 21 heavy (non-hydrogen) atoms. The number of likely N-dealkylation sites (N-methyl/N-ethyl adjacent to an activating group) is 1. The van der Waals surface area contributed by atoms with E-state index >= 15 is 0 Å². The van der Waals surface area contributed by atoms with Gasteiger partial charge in [0.15, 0.2) is 0 Å². The van der Waals surface area contributed by atoms with Crippen LogP contribution in [0.25, 0.3) is 0 Å². The van der Waals surface area contributed by atoms with E-state index in [0.717, 1.165) is 51.9 Å². The number of carbonyl (C=O) groups is 1. The number of unbranched alkanes of at least 4 members (excludes halogenated alkanes) is 2. The van der Waals surface area contributed by atoms with Crippen LogP contribution in [0, 0.1) is 5.41 Å². The molecular formula is C17H37N3O. The van der Waals surface area contributed by atoms with Crippen molar-refractivity contribution in [2.45, 2.75) is 60.3 Å². The van der Waals surface area contributed by atoms with Crippen LogP contribution in [-0.2, 0) is 4.79 Å². The first-order valence-corrected chi connectivity index (χ1v) is 8.60. The molecule has 0 bridgehead atoms. The van der Waals surface area contributed by atoms with Crippen molar-refractivity contribution in [3.05, 3.63) is 0 Å². The van der Waals surface area contributed by atoms with Gasteiger partial charge in [-0.05, 0) is 31.3 Å². The molecule has 0 aliphatic rings. The fourth-order valence-corrected chi connectivity index (χ4v) is 2.30. The van der Waals surface area contributed by atoms with Gasteiger partial charge in [-0.25, -0.2) is 0 Å². The van der Waals surface area contributed by atoms with Crippen LogP contribution in [-0.4, -0.2) is 55.0 Å². The summed E-state index contributed by atoms with van der Waals surface area (Å²) in [6.07, 6.45) is 4.45. The van der Waals surface area contributed by atoms with Crippen LogP contribution < -0.4 is 5.73 Å². The van der Waals surface area contributed by atoms with E-state index in [9.17, 15) is 4.79 Å². The minimum Gasteiger partial charge on any atom is -0.342 e. The maximum atomic E-state index is 12.6. The second-order valence-electron chi connectivity index (χ2n) is 6.76. The molecule has 4 heteroatoms. The SMILES string of the molecule is CCCCN(CCCC)C(=O)CN(CC)CC(C)(C)CN. The quantitative estimate of drug-likeness (QED) is 0.603. The fourth-order valence-electron chi connectivity index (χ4n) is 2.30. The molecule has 0 saturated carbocycles. The minimum atomic E-state index is 0.0634. The van der Waals surface area contributed by atoms with E-state index in [4.69, 9.17) is 5.73 Å². The molecule has 0 aromatic heterocycles.